The summed E-state index contributed by atoms with van der Waals surface area (Å²) in [7, 11) is 0. The number of aromatic nitrogens is 1. The molecule has 1 aromatic heterocycles. The lowest BCUT2D eigenvalue weighted by atomic mass is 10.0. The maximum absolute atomic E-state index is 4.81. The van der Waals surface area contributed by atoms with Crippen LogP contribution in [-0.4, -0.2) is 11.5 Å². The van der Waals surface area contributed by atoms with E-state index in [2.05, 4.69) is 61.1 Å². The van der Waals surface area contributed by atoms with Gasteiger partial charge in [-0.25, -0.2) is 0 Å². The minimum Gasteiger partial charge on any atom is -0.384 e. The van der Waals surface area contributed by atoms with E-state index in [1.165, 1.54) is 27.9 Å². The molecule has 3 heteroatoms. The Kier molecular flexibility index (Phi) is 3.91. The highest BCUT2D eigenvalue weighted by Crippen LogP contribution is 2.34. The van der Waals surface area contributed by atoms with E-state index in [0.29, 0.717) is 0 Å². The number of rotatable bonds is 3. The number of aryl methyl sites for hydroxylation is 2. The van der Waals surface area contributed by atoms with Gasteiger partial charge in [-0.3, -0.25) is 4.98 Å². The van der Waals surface area contributed by atoms with Gasteiger partial charge in [0.15, 0.2) is 0 Å². The molecular formula is C15H19BrN2. The molecule has 0 fully saturated rings. The molecule has 0 unspecified atom stereocenters. The van der Waals surface area contributed by atoms with Crippen LogP contribution in [0.2, 0.25) is 0 Å². The van der Waals surface area contributed by atoms with Crippen molar-refractivity contribution in [1.29, 1.82) is 0 Å². The van der Waals surface area contributed by atoms with Crippen LogP contribution in [0, 0.1) is 13.8 Å². The summed E-state index contributed by atoms with van der Waals surface area (Å²) in [4.78, 5) is 4.81. The normalized spacial score (nSPS) is 10.9. The third-order valence-corrected chi connectivity index (χ3v) is 3.97. The molecule has 0 saturated carbocycles. The van der Waals surface area contributed by atoms with Crippen LogP contribution in [-0.2, 0) is 6.42 Å². The quantitative estimate of drug-likeness (QED) is 0.896. The highest BCUT2D eigenvalue weighted by atomic mass is 79.9. The van der Waals surface area contributed by atoms with Crippen molar-refractivity contribution in [3.8, 4) is 0 Å². The predicted molar refractivity (Wildman–Crippen MR) is 82.5 cm³/mol. The van der Waals surface area contributed by atoms with Crippen molar-refractivity contribution >= 4 is 32.5 Å². The molecule has 0 aliphatic heterocycles. The molecule has 2 aromatic rings. The maximum atomic E-state index is 4.81. The first-order chi connectivity index (χ1) is 8.60. The molecule has 18 heavy (non-hydrogen) atoms. The van der Waals surface area contributed by atoms with E-state index in [-0.39, 0.29) is 0 Å². The Morgan fingerprint density at radius 1 is 1.22 bits per heavy atom. The van der Waals surface area contributed by atoms with E-state index < -0.39 is 0 Å². The molecule has 0 bridgehead atoms. The van der Waals surface area contributed by atoms with E-state index in [1.807, 2.05) is 0 Å². The third kappa shape index (κ3) is 2.12. The van der Waals surface area contributed by atoms with E-state index in [4.69, 9.17) is 4.98 Å². The standard InChI is InChI=1S/C15H19BrN2/c1-5-12-10(4)14(17-6-2)13-9(3)7-8-11(16)15(13)18-12/h7-8H,5-6H2,1-4H3,(H,17,18). The van der Waals surface area contributed by atoms with Gasteiger partial charge in [0, 0.05) is 27.8 Å². The summed E-state index contributed by atoms with van der Waals surface area (Å²) >= 11 is 3.61. The van der Waals surface area contributed by atoms with Gasteiger partial charge in [0.2, 0.25) is 0 Å². The molecule has 0 spiro atoms. The SMILES string of the molecule is CCNc1c(C)c(CC)nc2c(Br)ccc(C)c12. The summed E-state index contributed by atoms with van der Waals surface area (Å²) in [5.74, 6) is 0. The largest absolute Gasteiger partial charge is 0.384 e. The predicted octanol–water partition coefficient (Wildman–Crippen LogP) is 4.61. The maximum Gasteiger partial charge on any atom is 0.0870 e. The number of nitrogens with one attached hydrogen (secondary N) is 1. The second kappa shape index (κ2) is 5.27. The van der Waals surface area contributed by atoms with Gasteiger partial charge < -0.3 is 5.32 Å². The smallest absolute Gasteiger partial charge is 0.0870 e. The van der Waals surface area contributed by atoms with Crippen LogP contribution in [0.4, 0.5) is 5.69 Å². The molecule has 0 aliphatic rings. The van der Waals surface area contributed by atoms with Crippen molar-refractivity contribution in [2.75, 3.05) is 11.9 Å². The molecular weight excluding hydrogens is 288 g/mol. The van der Waals surface area contributed by atoms with Crippen LogP contribution < -0.4 is 5.32 Å². The Hall–Kier alpha value is -1.09. The lowest BCUT2D eigenvalue weighted by Gasteiger charge is -2.17. The van der Waals surface area contributed by atoms with Gasteiger partial charge in [0.25, 0.3) is 0 Å². The second-order valence-corrected chi connectivity index (χ2v) is 5.38. The van der Waals surface area contributed by atoms with Crippen LogP contribution >= 0.6 is 15.9 Å². The van der Waals surface area contributed by atoms with Crippen molar-refractivity contribution in [3.05, 3.63) is 33.4 Å². The zero-order valence-corrected chi connectivity index (χ0v) is 13.0. The van der Waals surface area contributed by atoms with Crippen molar-refractivity contribution in [2.24, 2.45) is 0 Å². The lowest BCUT2D eigenvalue weighted by molar-refractivity contribution is 1.02. The molecule has 1 N–H and O–H groups in total. The van der Waals surface area contributed by atoms with Crippen LogP contribution in [0.15, 0.2) is 16.6 Å². The fourth-order valence-electron chi connectivity index (χ4n) is 2.38. The summed E-state index contributed by atoms with van der Waals surface area (Å²) in [5, 5.41) is 4.74. The van der Waals surface area contributed by atoms with Gasteiger partial charge in [0.05, 0.1) is 5.52 Å². The number of fused-ring (bicyclic) bond motifs is 1. The van der Waals surface area contributed by atoms with Crippen LogP contribution in [0.25, 0.3) is 10.9 Å². The molecule has 1 heterocycles. The Morgan fingerprint density at radius 2 is 1.94 bits per heavy atom. The lowest BCUT2D eigenvalue weighted by Crippen LogP contribution is -2.05. The molecule has 0 atom stereocenters. The summed E-state index contributed by atoms with van der Waals surface area (Å²) in [6, 6.07) is 4.22. The zero-order valence-electron chi connectivity index (χ0n) is 11.4. The molecule has 1 aromatic carbocycles. The average Bonchev–Trinajstić information content (AvgIpc) is 2.36. The van der Waals surface area contributed by atoms with Gasteiger partial charge in [-0.15, -0.1) is 0 Å². The molecule has 0 amide bonds. The highest BCUT2D eigenvalue weighted by molar-refractivity contribution is 9.10. The van der Waals surface area contributed by atoms with Crippen molar-refractivity contribution in [1.82, 2.24) is 4.98 Å². The Balaban J connectivity index is 2.90. The Morgan fingerprint density at radius 3 is 2.56 bits per heavy atom. The van der Waals surface area contributed by atoms with Gasteiger partial charge in [0.1, 0.15) is 0 Å². The van der Waals surface area contributed by atoms with Gasteiger partial charge in [-0.1, -0.05) is 13.0 Å². The van der Waals surface area contributed by atoms with Crippen LogP contribution in [0.5, 0.6) is 0 Å². The molecule has 2 nitrogen and oxygen atoms in total. The minimum atomic E-state index is 0.926. The first kappa shape index (κ1) is 13.3. The number of nitrogens with zero attached hydrogens (tertiary/aromatic N) is 1. The fraction of sp³-hybridized carbons (Fsp3) is 0.400. The van der Waals surface area contributed by atoms with Gasteiger partial charge in [-0.05, 0) is 60.3 Å². The number of benzene rings is 1. The summed E-state index contributed by atoms with van der Waals surface area (Å²) in [5.41, 5.74) is 6.01. The first-order valence-electron chi connectivity index (χ1n) is 6.42. The van der Waals surface area contributed by atoms with E-state index in [0.717, 1.165) is 23.0 Å². The Labute approximate surface area is 117 Å². The number of pyridine rings is 1. The highest BCUT2D eigenvalue weighted by Gasteiger charge is 2.13. The summed E-state index contributed by atoms with van der Waals surface area (Å²) < 4.78 is 1.07. The molecule has 0 radical (unpaired) electrons. The molecule has 0 aliphatic carbocycles. The van der Waals surface area contributed by atoms with Crippen LogP contribution in [0.3, 0.4) is 0 Å². The fourth-order valence-corrected chi connectivity index (χ4v) is 2.80. The third-order valence-electron chi connectivity index (χ3n) is 3.33. The summed E-state index contributed by atoms with van der Waals surface area (Å²) in [6.07, 6.45) is 0.959. The van der Waals surface area contributed by atoms with Gasteiger partial charge >= 0.3 is 0 Å². The zero-order chi connectivity index (χ0) is 13.3. The average molecular weight is 307 g/mol. The molecule has 96 valence electrons. The molecule has 0 saturated heterocycles. The van der Waals surface area contributed by atoms with E-state index >= 15 is 0 Å². The van der Waals surface area contributed by atoms with Crippen molar-refractivity contribution in [2.45, 2.75) is 34.1 Å². The number of anilines is 1. The van der Waals surface area contributed by atoms with E-state index in [1.54, 1.807) is 0 Å². The second-order valence-electron chi connectivity index (χ2n) is 4.53. The minimum absolute atomic E-state index is 0.926. The van der Waals surface area contributed by atoms with Crippen LogP contribution in [0.1, 0.15) is 30.7 Å². The Bertz CT molecular complexity index is 591. The monoisotopic (exact) mass is 306 g/mol. The topological polar surface area (TPSA) is 24.9 Å². The number of hydrogen-bond donors (Lipinski definition) is 1. The number of halogens is 1. The van der Waals surface area contributed by atoms with Gasteiger partial charge in [-0.2, -0.15) is 0 Å². The summed E-state index contributed by atoms with van der Waals surface area (Å²) in [6.45, 7) is 9.51. The molecule has 2 rings (SSSR count). The number of hydrogen-bond acceptors (Lipinski definition) is 2. The van der Waals surface area contributed by atoms with Crippen molar-refractivity contribution < 1.29 is 0 Å². The van der Waals surface area contributed by atoms with E-state index in [9.17, 15) is 0 Å². The van der Waals surface area contributed by atoms with Crippen molar-refractivity contribution in [3.63, 3.8) is 0 Å². The first-order valence-corrected chi connectivity index (χ1v) is 7.21.